The highest BCUT2D eigenvalue weighted by atomic mass is 19.4. The topological polar surface area (TPSA) is 21.3 Å². The summed E-state index contributed by atoms with van der Waals surface area (Å²) in [7, 11) is 0. The van der Waals surface area contributed by atoms with Crippen LogP contribution in [0.3, 0.4) is 0 Å². The van der Waals surface area contributed by atoms with Crippen molar-refractivity contribution in [3.8, 4) is 0 Å². The molecule has 2 nitrogen and oxygen atoms in total. The number of hydrogen-bond donors (Lipinski definition) is 1. The summed E-state index contributed by atoms with van der Waals surface area (Å²) < 4.78 is 42.9. The molecule has 1 aliphatic carbocycles. The molecule has 0 aromatic rings. The van der Waals surface area contributed by atoms with Gasteiger partial charge in [-0.25, -0.2) is 0 Å². The summed E-state index contributed by atoms with van der Waals surface area (Å²) in [6, 6.07) is 0. The van der Waals surface area contributed by atoms with E-state index in [-0.39, 0.29) is 18.9 Å². The Kier molecular flexibility index (Phi) is 2.94. The summed E-state index contributed by atoms with van der Waals surface area (Å²) in [6.45, 7) is 1.17. The minimum atomic E-state index is -4.09. The van der Waals surface area contributed by atoms with Crippen LogP contribution in [0.15, 0.2) is 0 Å². The van der Waals surface area contributed by atoms with Gasteiger partial charge in [0.2, 0.25) is 0 Å². The highest BCUT2D eigenvalue weighted by Gasteiger charge is 2.62. The fourth-order valence-corrected chi connectivity index (χ4v) is 2.03. The lowest BCUT2D eigenvalue weighted by molar-refractivity contribution is -0.166. The molecule has 1 unspecified atom stereocenters. The summed E-state index contributed by atoms with van der Waals surface area (Å²) in [6.07, 6.45) is -0.761. The maximum Gasteiger partial charge on any atom is 0.406 e. The van der Waals surface area contributed by atoms with E-state index in [0.29, 0.717) is 13.0 Å². The van der Waals surface area contributed by atoms with Crippen molar-refractivity contribution in [3.05, 3.63) is 0 Å². The van der Waals surface area contributed by atoms with Gasteiger partial charge in [-0.2, -0.15) is 13.2 Å². The standard InChI is InChI=1S/C10H16F3NO/c11-10(12,13)9(4-5-9)14-6-3-8-2-1-7-15-8/h8,14H,1-7H2. The minimum absolute atomic E-state index is 0.168. The number of alkyl halides is 3. The van der Waals surface area contributed by atoms with Crippen LogP contribution in [0.4, 0.5) is 13.2 Å². The van der Waals surface area contributed by atoms with E-state index in [1.807, 2.05) is 0 Å². The molecule has 1 saturated carbocycles. The fraction of sp³-hybridized carbons (Fsp3) is 1.00. The van der Waals surface area contributed by atoms with E-state index in [4.69, 9.17) is 4.74 Å². The second-order valence-electron chi connectivity index (χ2n) is 4.43. The van der Waals surface area contributed by atoms with Gasteiger partial charge in [-0.05, 0) is 38.6 Å². The highest BCUT2D eigenvalue weighted by molar-refractivity contribution is 5.07. The van der Waals surface area contributed by atoms with Gasteiger partial charge in [-0.1, -0.05) is 0 Å². The molecule has 0 bridgehead atoms. The molecule has 0 aromatic heterocycles. The molecule has 2 fully saturated rings. The van der Waals surface area contributed by atoms with Crippen LogP contribution < -0.4 is 5.32 Å². The third-order valence-corrected chi connectivity index (χ3v) is 3.25. The Morgan fingerprint density at radius 1 is 1.33 bits per heavy atom. The van der Waals surface area contributed by atoms with Gasteiger partial charge in [0.1, 0.15) is 5.54 Å². The Hall–Kier alpha value is -0.290. The van der Waals surface area contributed by atoms with Crippen molar-refractivity contribution in [2.75, 3.05) is 13.2 Å². The van der Waals surface area contributed by atoms with E-state index in [2.05, 4.69) is 5.32 Å². The zero-order chi connectivity index (χ0) is 10.9. The van der Waals surface area contributed by atoms with Crippen molar-refractivity contribution < 1.29 is 17.9 Å². The predicted molar refractivity (Wildman–Crippen MR) is 49.6 cm³/mol. The van der Waals surface area contributed by atoms with Gasteiger partial charge >= 0.3 is 6.18 Å². The largest absolute Gasteiger partial charge is 0.406 e. The first kappa shape index (κ1) is 11.2. The van der Waals surface area contributed by atoms with E-state index in [9.17, 15) is 13.2 Å². The molecule has 15 heavy (non-hydrogen) atoms. The smallest absolute Gasteiger partial charge is 0.378 e. The summed E-state index contributed by atoms with van der Waals surface area (Å²) in [5.74, 6) is 0. The maximum absolute atomic E-state index is 12.5. The average molecular weight is 223 g/mol. The van der Waals surface area contributed by atoms with Crippen LogP contribution in [-0.4, -0.2) is 31.0 Å². The molecule has 0 radical (unpaired) electrons. The molecule has 88 valence electrons. The second-order valence-corrected chi connectivity index (χ2v) is 4.43. The number of rotatable bonds is 4. The van der Waals surface area contributed by atoms with E-state index in [0.717, 1.165) is 19.4 Å². The molecular weight excluding hydrogens is 207 g/mol. The Labute approximate surface area is 87.2 Å². The van der Waals surface area contributed by atoms with Crippen LogP contribution in [-0.2, 0) is 4.74 Å². The number of nitrogens with one attached hydrogen (secondary N) is 1. The zero-order valence-electron chi connectivity index (χ0n) is 8.57. The van der Waals surface area contributed by atoms with Crippen molar-refractivity contribution in [1.82, 2.24) is 5.32 Å². The van der Waals surface area contributed by atoms with Gasteiger partial charge in [0.25, 0.3) is 0 Å². The van der Waals surface area contributed by atoms with Gasteiger partial charge in [0.15, 0.2) is 0 Å². The normalized spacial score (nSPS) is 29.4. The quantitative estimate of drug-likeness (QED) is 0.789. The molecule has 0 spiro atoms. The first-order valence-electron chi connectivity index (χ1n) is 5.47. The highest BCUT2D eigenvalue weighted by Crippen LogP contribution is 2.48. The first-order valence-corrected chi connectivity index (χ1v) is 5.47. The van der Waals surface area contributed by atoms with Crippen molar-refractivity contribution in [1.29, 1.82) is 0 Å². The van der Waals surface area contributed by atoms with E-state index < -0.39 is 11.7 Å². The van der Waals surface area contributed by atoms with Crippen LogP contribution in [0.2, 0.25) is 0 Å². The van der Waals surface area contributed by atoms with Crippen molar-refractivity contribution in [2.45, 2.75) is 49.9 Å². The van der Waals surface area contributed by atoms with Crippen LogP contribution in [0, 0.1) is 0 Å². The minimum Gasteiger partial charge on any atom is -0.378 e. The zero-order valence-corrected chi connectivity index (χ0v) is 8.57. The van der Waals surface area contributed by atoms with E-state index in [1.165, 1.54) is 0 Å². The summed E-state index contributed by atoms with van der Waals surface area (Å²) >= 11 is 0. The third-order valence-electron chi connectivity index (χ3n) is 3.25. The van der Waals surface area contributed by atoms with E-state index >= 15 is 0 Å². The molecule has 2 aliphatic rings. The third kappa shape index (κ3) is 2.45. The molecule has 1 saturated heterocycles. The van der Waals surface area contributed by atoms with Crippen LogP contribution in [0.25, 0.3) is 0 Å². The Bertz CT molecular complexity index is 219. The Morgan fingerprint density at radius 2 is 2.07 bits per heavy atom. The lowest BCUT2D eigenvalue weighted by Crippen LogP contribution is -2.45. The number of halogens is 3. The van der Waals surface area contributed by atoms with Crippen molar-refractivity contribution in [2.24, 2.45) is 0 Å². The van der Waals surface area contributed by atoms with Gasteiger partial charge in [0.05, 0.1) is 6.10 Å². The molecule has 0 amide bonds. The lowest BCUT2D eigenvalue weighted by Gasteiger charge is -2.21. The molecular formula is C10H16F3NO. The summed E-state index contributed by atoms with van der Waals surface area (Å²) in [4.78, 5) is 0. The van der Waals surface area contributed by atoms with Crippen LogP contribution in [0.1, 0.15) is 32.1 Å². The SMILES string of the molecule is FC(F)(F)C1(NCCC2CCCO2)CC1. The monoisotopic (exact) mass is 223 g/mol. The Morgan fingerprint density at radius 3 is 2.53 bits per heavy atom. The molecule has 0 aromatic carbocycles. The average Bonchev–Trinajstić information content (AvgIpc) is 2.75. The molecule has 5 heteroatoms. The van der Waals surface area contributed by atoms with E-state index in [1.54, 1.807) is 0 Å². The molecule has 1 N–H and O–H groups in total. The van der Waals surface area contributed by atoms with Crippen LogP contribution >= 0.6 is 0 Å². The molecule has 1 atom stereocenters. The molecule has 1 heterocycles. The Balaban J connectivity index is 1.69. The molecule has 1 aliphatic heterocycles. The van der Waals surface area contributed by atoms with Gasteiger partial charge < -0.3 is 10.1 Å². The summed E-state index contributed by atoms with van der Waals surface area (Å²) in [5, 5.41) is 2.63. The summed E-state index contributed by atoms with van der Waals surface area (Å²) in [5.41, 5.74) is -1.56. The molecule has 2 rings (SSSR count). The number of hydrogen-bond acceptors (Lipinski definition) is 2. The van der Waals surface area contributed by atoms with Crippen LogP contribution in [0.5, 0.6) is 0 Å². The van der Waals surface area contributed by atoms with Gasteiger partial charge in [-0.15, -0.1) is 0 Å². The fourth-order valence-electron chi connectivity index (χ4n) is 2.03. The van der Waals surface area contributed by atoms with Crippen molar-refractivity contribution >= 4 is 0 Å². The lowest BCUT2D eigenvalue weighted by atomic mass is 10.1. The van der Waals surface area contributed by atoms with Gasteiger partial charge in [-0.3, -0.25) is 0 Å². The maximum atomic E-state index is 12.5. The van der Waals surface area contributed by atoms with Crippen molar-refractivity contribution in [3.63, 3.8) is 0 Å². The predicted octanol–water partition coefficient (Wildman–Crippen LogP) is 2.24. The van der Waals surface area contributed by atoms with Gasteiger partial charge in [0, 0.05) is 6.61 Å². The number of ether oxygens (including phenoxy) is 1. The first-order chi connectivity index (χ1) is 7.04. The second kappa shape index (κ2) is 3.94.